The lowest BCUT2D eigenvalue weighted by Gasteiger charge is -2.27. The first kappa shape index (κ1) is 13.9. The van der Waals surface area contributed by atoms with Gasteiger partial charge in [0.15, 0.2) is 11.5 Å². The summed E-state index contributed by atoms with van der Waals surface area (Å²) in [6.45, 7) is 12.0. The molecule has 0 aliphatic heterocycles. The second kappa shape index (κ2) is 5.95. The van der Waals surface area contributed by atoms with Crippen LogP contribution in [0.4, 0.5) is 0 Å². The Morgan fingerprint density at radius 2 is 1.65 bits per heavy atom. The maximum atomic E-state index is 5.78. The van der Waals surface area contributed by atoms with Gasteiger partial charge in [-0.2, -0.15) is 0 Å². The Morgan fingerprint density at radius 3 is 2.18 bits per heavy atom. The van der Waals surface area contributed by atoms with E-state index in [2.05, 4.69) is 26.8 Å². The van der Waals surface area contributed by atoms with E-state index < -0.39 is 0 Å². The fourth-order valence-corrected chi connectivity index (χ4v) is 1.80. The number of benzene rings is 1. The molecule has 0 aliphatic rings. The van der Waals surface area contributed by atoms with Gasteiger partial charge < -0.3 is 9.47 Å². The minimum atomic E-state index is 0.109. The van der Waals surface area contributed by atoms with Gasteiger partial charge in [0.1, 0.15) is 0 Å². The number of hydrogen-bond donors (Lipinski definition) is 0. The van der Waals surface area contributed by atoms with E-state index in [0.717, 1.165) is 17.9 Å². The zero-order valence-corrected chi connectivity index (χ0v) is 11.7. The summed E-state index contributed by atoms with van der Waals surface area (Å²) in [5, 5.41) is 0. The van der Waals surface area contributed by atoms with E-state index >= 15 is 0 Å². The van der Waals surface area contributed by atoms with Crippen molar-refractivity contribution in [2.75, 3.05) is 13.2 Å². The summed E-state index contributed by atoms with van der Waals surface area (Å²) >= 11 is 0. The predicted molar refractivity (Wildman–Crippen MR) is 72.1 cm³/mol. The lowest BCUT2D eigenvalue weighted by Crippen LogP contribution is -2.17. The highest BCUT2D eigenvalue weighted by atomic mass is 16.5. The molecule has 0 unspecified atom stereocenters. The summed E-state index contributed by atoms with van der Waals surface area (Å²) in [6.07, 6.45) is 1.07. The van der Waals surface area contributed by atoms with Crippen LogP contribution in [0.15, 0.2) is 18.2 Å². The summed E-state index contributed by atoms with van der Waals surface area (Å²) in [5.74, 6) is 1.76. The normalized spacial score (nSPS) is 11.4. The highest BCUT2D eigenvalue weighted by Gasteiger charge is 2.24. The maximum absolute atomic E-state index is 5.78. The molecule has 0 aliphatic carbocycles. The van der Waals surface area contributed by atoms with Gasteiger partial charge in [-0.3, -0.25) is 0 Å². The lowest BCUT2D eigenvalue weighted by molar-refractivity contribution is 0.279. The first-order valence-electron chi connectivity index (χ1n) is 6.45. The van der Waals surface area contributed by atoms with Crippen LogP contribution >= 0.6 is 0 Å². The number of ether oxygens (including phenoxy) is 2. The molecule has 1 aromatic rings. The van der Waals surface area contributed by atoms with E-state index in [1.165, 1.54) is 5.56 Å². The Hall–Kier alpha value is -1.18. The molecular formula is C15H24O2. The van der Waals surface area contributed by atoms with Crippen LogP contribution in [0.3, 0.4) is 0 Å². The summed E-state index contributed by atoms with van der Waals surface area (Å²) in [5.41, 5.74) is 1.34. The van der Waals surface area contributed by atoms with Crippen LogP contribution in [-0.4, -0.2) is 13.2 Å². The van der Waals surface area contributed by atoms with Crippen LogP contribution in [0, 0.1) is 0 Å². The number of rotatable bonds is 6. The van der Waals surface area contributed by atoms with E-state index in [-0.39, 0.29) is 5.41 Å². The second-order valence-electron chi connectivity index (χ2n) is 4.74. The molecule has 0 fully saturated rings. The molecule has 0 bridgehead atoms. The summed E-state index contributed by atoms with van der Waals surface area (Å²) in [6, 6.07) is 6.15. The molecular weight excluding hydrogens is 212 g/mol. The van der Waals surface area contributed by atoms with Gasteiger partial charge in [-0.1, -0.05) is 32.9 Å². The predicted octanol–water partition coefficient (Wildman–Crippen LogP) is 4.17. The fraction of sp³-hybridized carbons (Fsp3) is 0.600. The zero-order valence-electron chi connectivity index (χ0n) is 11.7. The van der Waals surface area contributed by atoms with Crippen molar-refractivity contribution < 1.29 is 9.47 Å². The van der Waals surface area contributed by atoms with Crippen LogP contribution in [0.2, 0.25) is 0 Å². The largest absolute Gasteiger partial charge is 0.490 e. The highest BCUT2D eigenvalue weighted by Crippen LogP contribution is 2.40. The Bertz CT molecular complexity index is 356. The highest BCUT2D eigenvalue weighted by molar-refractivity contribution is 5.49. The van der Waals surface area contributed by atoms with Gasteiger partial charge in [0, 0.05) is 5.56 Å². The molecule has 0 heterocycles. The molecule has 0 saturated heterocycles. The van der Waals surface area contributed by atoms with E-state index in [4.69, 9.17) is 9.47 Å². The van der Waals surface area contributed by atoms with Gasteiger partial charge in [0.25, 0.3) is 0 Å². The molecule has 1 aromatic carbocycles. The van der Waals surface area contributed by atoms with Crippen molar-refractivity contribution >= 4 is 0 Å². The Balaban J connectivity index is 3.23. The fourth-order valence-electron chi connectivity index (χ4n) is 1.80. The molecule has 0 saturated carbocycles. The molecule has 0 radical (unpaired) electrons. The average molecular weight is 236 g/mol. The van der Waals surface area contributed by atoms with Crippen molar-refractivity contribution in [2.45, 2.75) is 46.5 Å². The van der Waals surface area contributed by atoms with Gasteiger partial charge in [-0.15, -0.1) is 0 Å². The number of para-hydroxylation sites is 1. The van der Waals surface area contributed by atoms with E-state index in [1.54, 1.807) is 0 Å². The zero-order chi connectivity index (χ0) is 12.9. The van der Waals surface area contributed by atoms with Crippen LogP contribution in [0.5, 0.6) is 11.5 Å². The van der Waals surface area contributed by atoms with E-state index in [0.29, 0.717) is 13.2 Å². The van der Waals surface area contributed by atoms with Crippen LogP contribution < -0.4 is 9.47 Å². The molecule has 96 valence electrons. The molecule has 1 rings (SSSR count). The van der Waals surface area contributed by atoms with Gasteiger partial charge in [-0.25, -0.2) is 0 Å². The molecule has 2 nitrogen and oxygen atoms in total. The third kappa shape index (κ3) is 3.15. The maximum Gasteiger partial charge on any atom is 0.164 e. The molecule has 0 spiro atoms. The third-order valence-electron chi connectivity index (χ3n) is 3.18. The van der Waals surface area contributed by atoms with Crippen molar-refractivity contribution in [3.63, 3.8) is 0 Å². The quantitative estimate of drug-likeness (QED) is 0.738. The Morgan fingerprint density at radius 1 is 1.00 bits per heavy atom. The van der Waals surface area contributed by atoms with Crippen molar-refractivity contribution in [2.24, 2.45) is 0 Å². The SMILES string of the molecule is CCOc1cccc(C(C)(C)CC)c1OCC. The topological polar surface area (TPSA) is 18.5 Å². The summed E-state index contributed by atoms with van der Waals surface area (Å²) < 4.78 is 11.4. The van der Waals surface area contributed by atoms with Gasteiger partial charge >= 0.3 is 0 Å². The first-order chi connectivity index (χ1) is 8.06. The smallest absolute Gasteiger partial charge is 0.164 e. The van der Waals surface area contributed by atoms with E-state index in [1.807, 2.05) is 26.0 Å². The van der Waals surface area contributed by atoms with Gasteiger partial charge in [0.2, 0.25) is 0 Å². The van der Waals surface area contributed by atoms with Crippen LogP contribution in [-0.2, 0) is 5.41 Å². The third-order valence-corrected chi connectivity index (χ3v) is 3.18. The molecule has 0 amide bonds. The first-order valence-corrected chi connectivity index (χ1v) is 6.45. The standard InChI is InChI=1S/C15H24O2/c1-6-15(4,5)12-10-9-11-13(16-7-2)14(12)17-8-3/h9-11H,6-8H2,1-5H3. The monoisotopic (exact) mass is 236 g/mol. The second-order valence-corrected chi connectivity index (χ2v) is 4.74. The van der Waals surface area contributed by atoms with Gasteiger partial charge in [-0.05, 0) is 31.7 Å². The minimum Gasteiger partial charge on any atom is -0.490 e. The summed E-state index contributed by atoms with van der Waals surface area (Å²) in [7, 11) is 0. The van der Waals surface area contributed by atoms with Crippen LogP contribution in [0.25, 0.3) is 0 Å². The Kier molecular flexibility index (Phi) is 4.86. The van der Waals surface area contributed by atoms with Crippen molar-refractivity contribution in [3.05, 3.63) is 23.8 Å². The van der Waals surface area contributed by atoms with E-state index in [9.17, 15) is 0 Å². The lowest BCUT2D eigenvalue weighted by atomic mass is 9.81. The molecule has 17 heavy (non-hydrogen) atoms. The van der Waals surface area contributed by atoms with Crippen molar-refractivity contribution in [1.82, 2.24) is 0 Å². The van der Waals surface area contributed by atoms with Crippen molar-refractivity contribution in [3.8, 4) is 11.5 Å². The summed E-state index contributed by atoms with van der Waals surface area (Å²) in [4.78, 5) is 0. The van der Waals surface area contributed by atoms with Gasteiger partial charge in [0.05, 0.1) is 13.2 Å². The molecule has 2 heteroatoms. The molecule has 0 aromatic heterocycles. The van der Waals surface area contributed by atoms with Crippen molar-refractivity contribution in [1.29, 1.82) is 0 Å². The Labute approximate surface area is 105 Å². The van der Waals surface area contributed by atoms with Crippen LogP contribution in [0.1, 0.15) is 46.6 Å². The minimum absolute atomic E-state index is 0.109. The molecule has 0 atom stereocenters. The number of hydrogen-bond acceptors (Lipinski definition) is 2. The molecule has 0 N–H and O–H groups in total. The average Bonchev–Trinajstić information content (AvgIpc) is 2.31.